The zero-order valence-electron chi connectivity index (χ0n) is 14.7. The predicted molar refractivity (Wildman–Crippen MR) is 96.4 cm³/mol. The second-order valence-corrected chi connectivity index (χ2v) is 7.01. The lowest BCUT2D eigenvalue weighted by molar-refractivity contribution is -0.708. The maximum absolute atomic E-state index is 12.4. The maximum atomic E-state index is 12.4. The number of ether oxygens (including phenoxy) is 1. The highest BCUT2D eigenvalue weighted by Crippen LogP contribution is 2.19. The average Bonchev–Trinajstić information content (AvgIpc) is 2.64. The molecule has 1 heterocycles. The minimum absolute atomic E-state index is 0.0352. The predicted octanol–water partition coefficient (Wildman–Crippen LogP) is 1.75. The van der Waals surface area contributed by atoms with E-state index in [1.165, 1.54) is 37.8 Å². The molecule has 24 heavy (non-hydrogen) atoms. The first-order valence-corrected chi connectivity index (χ1v) is 9.31. The summed E-state index contributed by atoms with van der Waals surface area (Å²) in [5, 5.41) is 5.29. The van der Waals surface area contributed by atoms with Gasteiger partial charge in [-0.2, -0.15) is 0 Å². The molecular weight excluding hydrogens is 302 g/mol. The molecule has 0 aromatic heterocycles. The molecule has 3 N–H and O–H groups in total. The van der Waals surface area contributed by atoms with Crippen LogP contribution in [0.25, 0.3) is 0 Å². The van der Waals surface area contributed by atoms with E-state index in [4.69, 9.17) is 4.74 Å². The number of hydrogen-bond acceptors (Lipinski definition) is 3. The van der Waals surface area contributed by atoms with Crippen LogP contribution in [0.4, 0.5) is 11.4 Å². The summed E-state index contributed by atoms with van der Waals surface area (Å²) in [5.74, 6) is 0.0969. The van der Waals surface area contributed by atoms with Gasteiger partial charge < -0.3 is 20.3 Å². The lowest BCUT2D eigenvalue weighted by atomic mass is 9.95. The minimum Gasteiger partial charge on any atom is -0.378 e. The van der Waals surface area contributed by atoms with E-state index in [9.17, 15) is 4.79 Å². The van der Waals surface area contributed by atoms with Crippen molar-refractivity contribution in [1.82, 2.24) is 0 Å². The number of morpholine rings is 1. The molecule has 0 bridgehead atoms. The van der Waals surface area contributed by atoms with Gasteiger partial charge >= 0.3 is 0 Å². The summed E-state index contributed by atoms with van der Waals surface area (Å²) < 4.78 is 5.38. The monoisotopic (exact) mass is 332 g/mol. The fourth-order valence-electron chi connectivity index (χ4n) is 3.66. The molecule has 0 spiro atoms. The number of nitrogens with two attached hydrogens (primary N) is 1. The van der Waals surface area contributed by atoms with Gasteiger partial charge in [0.15, 0.2) is 6.04 Å². The molecule has 0 radical (unpaired) electrons. The zero-order valence-corrected chi connectivity index (χ0v) is 14.7. The lowest BCUT2D eigenvalue weighted by Gasteiger charge is -2.29. The van der Waals surface area contributed by atoms with Crippen LogP contribution in [0.3, 0.4) is 0 Å². The Morgan fingerprint density at radius 3 is 2.50 bits per heavy atom. The molecule has 132 valence electrons. The number of benzene rings is 1. The van der Waals surface area contributed by atoms with E-state index >= 15 is 0 Å². The third-order valence-electron chi connectivity index (χ3n) is 5.14. The van der Waals surface area contributed by atoms with Gasteiger partial charge in [-0.1, -0.05) is 6.42 Å². The summed E-state index contributed by atoms with van der Waals surface area (Å²) in [5.41, 5.74) is 2.07. The van der Waals surface area contributed by atoms with E-state index < -0.39 is 0 Å². The van der Waals surface area contributed by atoms with Crippen LogP contribution in [-0.2, 0) is 9.53 Å². The smallest absolute Gasteiger partial charge is 0.282 e. The number of carbonyl (C=O) groups excluding carboxylic acids is 1. The molecule has 3 rings (SSSR count). The SMILES string of the molecule is C[C@@H]([NH2+]C1CCCCC1)C(=O)Nc1ccc(N2CCOCC2)cc1. The largest absolute Gasteiger partial charge is 0.378 e. The van der Waals surface area contributed by atoms with Gasteiger partial charge in [-0.05, 0) is 56.9 Å². The lowest BCUT2D eigenvalue weighted by Crippen LogP contribution is -2.96. The molecule has 1 aromatic carbocycles. The fraction of sp³-hybridized carbons (Fsp3) is 0.632. The number of anilines is 2. The Morgan fingerprint density at radius 2 is 1.83 bits per heavy atom. The van der Waals surface area contributed by atoms with Crippen molar-refractivity contribution < 1.29 is 14.8 Å². The molecule has 1 saturated carbocycles. The van der Waals surface area contributed by atoms with E-state index in [0.29, 0.717) is 6.04 Å². The van der Waals surface area contributed by atoms with Gasteiger partial charge in [0.25, 0.3) is 5.91 Å². The number of nitrogens with zero attached hydrogens (tertiary/aromatic N) is 1. The van der Waals surface area contributed by atoms with Gasteiger partial charge in [0.1, 0.15) is 0 Å². The molecule has 1 atom stereocenters. The van der Waals surface area contributed by atoms with Crippen molar-refractivity contribution in [2.75, 3.05) is 36.5 Å². The van der Waals surface area contributed by atoms with Crippen molar-refractivity contribution in [3.05, 3.63) is 24.3 Å². The first-order valence-electron chi connectivity index (χ1n) is 9.31. The second kappa shape index (κ2) is 8.49. The van der Waals surface area contributed by atoms with Crippen molar-refractivity contribution >= 4 is 17.3 Å². The molecule has 0 unspecified atom stereocenters. The summed E-state index contributed by atoms with van der Waals surface area (Å²) in [4.78, 5) is 14.7. The van der Waals surface area contributed by atoms with Crippen LogP contribution in [0.15, 0.2) is 24.3 Å². The molecule has 1 aromatic rings. The Kier molecular flexibility index (Phi) is 6.10. The molecule has 1 amide bonds. The van der Waals surface area contributed by atoms with Crippen molar-refractivity contribution in [3.8, 4) is 0 Å². The Bertz CT molecular complexity index is 520. The third kappa shape index (κ3) is 4.71. The Morgan fingerprint density at radius 1 is 1.17 bits per heavy atom. The summed E-state index contributed by atoms with van der Waals surface area (Å²) in [6.07, 6.45) is 6.44. The van der Waals surface area contributed by atoms with Crippen LogP contribution in [0.2, 0.25) is 0 Å². The number of hydrogen-bond donors (Lipinski definition) is 2. The van der Waals surface area contributed by atoms with Gasteiger partial charge in [-0.3, -0.25) is 4.79 Å². The number of nitrogens with one attached hydrogen (secondary N) is 1. The normalized spacial score (nSPS) is 20.6. The van der Waals surface area contributed by atoms with Crippen molar-refractivity contribution in [2.45, 2.75) is 51.1 Å². The third-order valence-corrected chi connectivity index (χ3v) is 5.14. The minimum atomic E-state index is -0.0352. The van der Waals surface area contributed by atoms with E-state index in [-0.39, 0.29) is 11.9 Å². The zero-order chi connectivity index (χ0) is 16.8. The molecule has 5 nitrogen and oxygen atoms in total. The topological polar surface area (TPSA) is 58.2 Å². The van der Waals surface area contributed by atoms with Gasteiger partial charge in [0, 0.05) is 24.5 Å². The first kappa shape index (κ1) is 17.2. The fourth-order valence-corrected chi connectivity index (χ4v) is 3.66. The first-order chi connectivity index (χ1) is 11.7. The molecule has 1 aliphatic carbocycles. The van der Waals surface area contributed by atoms with E-state index in [1.807, 2.05) is 19.1 Å². The maximum Gasteiger partial charge on any atom is 0.282 e. The number of quaternary nitrogens is 1. The van der Waals surface area contributed by atoms with Crippen LogP contribution in [0, 0.1) is 0 Å². The quantitative estimate of drug-likeness (QED) is 0.864. The van der Waals surface area contributed by atoms with Crippen LogP contribution < -0.4 is 15.5 Å². The molecule has 1 saturated heterocycles. The van der Waals surface area contributed by atoms with Gasteiger partial charge in [-0.15, -0.1) is 0 Å². The van der Waals surface area contributed by atoms with Crippen LogP contribution in [-0.4, -0.2) is 44.3 Å². The Labute approximate surface area is 144 Å². The molecule has 2 fully saturated rings. The van der Waals surface area contributed by atoms with E-state index in [0.717, 1.165) is 32.0 Å². The van der Waals surface area contributed by atoms with Gasteiger partial charge in [0.2, 0.25) is 0 Å². The summed E-state index contributed by atoms with van der Waals surface area (Å²) in [6, 6.07) is 8.73. The van der Waals surface area contributed by atoms with Crippen LogP contribution >= 0.6 is 0 Å². The highest BCUT2D eigenvalue weighted by atomic mass is 16.5. The van der Waals surface area contributed by atoms with Crippen LogP contribution in [0.1, 0.15) is 39.0 Å². The molecule has 1 aliphatic heterocycles. The molecule has 5 heteroatoms. The van der Waals surface area contributed by atoms with Crippen LogP contribution in [0.5, 0.6) is 0 Å². The van der Waals surface area contributed by atoms with Gasteiger partial charge in [-0.25, -0.2) is 0 Å². The second-order valence-electron chi connectivity index (χ2n) is 7.01. The molecular formula is C19H30N3O2+. The van der Waals surface area contributed by atoms with Crippen molar-refractivity contribution in [3.63, 3.8) is 0 Å². The van der Waals surface area contributed by atoms with Gasteiger partial charge in [0.05, 0.1) is 19.3 Å². The van der Waals surface area contributed by atoms with E-state index in [1.54, 1.807) is 0 Å². The number of carbonyl (C=O) groups is 1. The summed E-state index contributed by atoms with van der Waals surface area (Å²) >= 11 is 0. The van der Waals surface area contributed by atoms with Crippen molar-refractivity contribution in [2.24, 2.45) is 0 Å². The average molecular weight is 332 g/mol. The standard InChI is InChI=1S/C19H29N3O2/c1-15(20-16-5-3-2-4-6-16)19(23)21-17-7-9-18(10-8-17)22-11-13-24-14-12-22/h7-10,15-16,20H,2-6,11-14H2,1H3,(H,21,23)/p+1/t15-/m1/s1. The molecule has 2 aliphatic rings. The number of rotatable bonds is 5. The van der Waals surface area contributed by atoms with E-state index in [2.05, 4.69) is 27.7 Å². The Hall–Kier alpha value is -1.59. The highest BCUT2D eigenvalue weighted by molar-refractivity contribution is 5.93. The van der Waals surface area contributed by atoms with Crippen molar-refractivity contribution in [1.29, 1.82) is 0 Å². The Balaban J connectivity index is 1.50. The highest BCUT2D eigenvalue weighted by Gasteiger charge is 2.23. The number of amides is 1. The summed E-state index contributed by atoms with van der Waals surface area (Å²) in [7, 11) is 0. The summed E-state index contributed by atoms with van der Waals surface area (Å²) in [6.45, 7) is 5.43.